The summed E-state index contributed by atoms with van der Waals surface area (Å²) in [6.45, 7) is 0. The second-order valence-electron chi connectivity index (χ2n) is 5.25. The molecular weight excluding hydrogens is 385 g/mol. The van der Waals surface area contributed by atoms with Gasteiger partial charge in [-0.1, -0.05) is 0 Å². The monoisotopic (exact) mass is 394 g/mol. The lowest BCUT2D eigenvalue weighted by Gasteiger charge is -2.06. The van der Waals surface area contributed by atoms with Crippen LogP contribution in [0.4, 0.5) is 13.2 Å². The van der Waals surface area contributed by atoms with E-state index in [4.69, 9.17) is 10.4 Å². The van der Waals surface area contributed by atoms with E-state index in [9.17, 15) is 21.6 Å². The predicted molar refractivity (Wildman–Crippen MR) is 85.7 cm³/mol. The molecule has 0 amide bonds. The Bertz CT molecular complexity index is 1130. The summed E-state index contributed by atoms with van der Waals surface area (Å²) >= 11 is 0. The number of hydrogen-bond donors (Lipinski definition) is 1. The minimum atomic E-state index is -4.80. The molecule has 8 nitrogen and oxygen atoms in total. The van der Waals surface area contributed by atoms with E-state index < -0.39 is 22.0 Å². The van der Waals surface area contributed by atoms with E-state index in [1.54, 1.807) is 0 Å². The summed E-state index contributed by atoms with van der Waals surface area (Å²) in [4.78, 5) is 7.02. The maximum Gasteiger partial charge on any atom is 0.453 e. The van der Waals surface area contributed by atoms with Gasteiger partial charge in [0, 0.05) is 11.8 Å². The first-order valence-electron chi connectivity index (χ1n) is 7.13. The molecule has 27 heavy (non-hydrogen) atoms. The number of benzene rings is 1. The largest absolute Gasteiger partial charge is 0.453 e. The number of primary sulfonamides is 1. The highest BCUT2D eigenvalue weighted by atomic mass is 32.2. The topological polar surface area (TPSA) is 128 Å². The van der Waals surface area contributed by atoms with Gasteiger partial charge in [0.25, 0.3) is 5.82 Å². The van der Waals surface area contributed by atoms with Gasteiger partial charge in [0.1, 0.15) is 4.90 Å². The number of pyridine rings is 1. The molecule has 0 aliphatic heterocycles. The van der Waals surface area contributed by atoms with Crippen molar-refractivity contribution in [3.63, 3.8) is 0 Å². The van der Waals surface area contributed by atoms with Gasteiger partial charge in [-0.05, 0) is 36.4 Å². The maximum atomic E-state index is 13.1. The molecular formula is C15H9F3N6O2S. The Morgan fingerprint density at radius 2 is 1.78 bits per heavy atom. The zero-order valence-electron chi connectivity index (χ0n) is 13.2. The normalized spacial score (nSPS) is 12.0. The molecule has 2 heterocycles. The maximum absolute atomic E-state index is 13.1. The number of nitrogens with two attached hydrogens (primary N) is 1. The predicted octanol–water partition coefficient (Wildman–Crippen LogP) is 1.87. The first-order chi connectivity index (χ1) is 12.6. The number of halogens is 3. The lowest BCUT2D eigenvalue weighted by molar-refractivity contribution is -0.144. The first-order valence-corrected chi connectivity index (χ1v) is 8.68. The summed E-state index contributed by atoms with van der Waals surface area (Å²) < 4.78 is 62.6. The average molecular weight is 394 g/mol. The zero-order chi connectivity index (χ0) is 19.8. The fourth-order valence-electron chi connectivity index (χ4n) is 2.14. The summed E-state index contributed by atoms with van der Waals surface area (Å²) in [7, 11) is -4.01. The van der Waals surface area contributed by atoms with Gasteiger partial charge < -0.3 is 0 Å². The van der Waals surface area contributed by atoms with Gasteiger partial charge in [-0.2, -0.15) is 23.1 Å². The SMILES string of the molecule is N#Cc1ccc(-c2nc(C(F)(F)F)nn2-c2ccc(S(N)(=O)=O)cn2)cc1. The third-order valence-electron chi connectivity index (χ3n) is 3.40. The fraction of sp³-hybridized carbons (Fsp3) is 0.0667. The summed E-state index contributed by atoms with van der Waals surface area (Å²) in [5.41, 5.74) is 0.575. The minimum absolute atomic E-state index is 0.0928. The van der Waals surface area contributed by atoms with Crippen LogP contribution in [0, 0.1) is 11.3 Å². The third kappa shape index (κ3) is 3.78. The molecule has 0 saturated heterocycles. The van der Waals surface area contributed by atoms with Crippen LogP contribution in [-0.4, -0.2) is 28.2 Å². The van der Waals surface area contributed by atoms with Gasteiger partial charge in [-0.25, -0.2) is 23.5 Å². The number of hydrogen-bond acceptors (Lipinski definition) is 6. The Kier molecular flexibility index (Phi) is 4.42. The summed E-state index contributed by atoms with van der Waals surface area (Å²) in [6, 6.07) is 9.81. The third-order valence-corrected chi connectivity index (χ3v) is 4.30. The van der Waals surface area contributed by atoms with E-state index in [2.05, 4.69) is 15.1 Å². The standard InChI is InChI=1S/C15H9F3N6O2S/c16-15(17,18)14-22-13(10-3-1-9(7-19)2-4-10)24(23-14)12-6-5-11(8-21-12)27(20,25)26/h1-6,8H,(H2,20,25,26). The van der Waals surface area contributed by atoms with E-state index in [1.807, 2.05) is 6.07 Å². The second kappa shape index (κ2) is 6.45. The number of nitriles is 1. The average Bonchev–Trinajstić information content (AvgIpc) is 3.07. The molecule has 2 N–H and O–H groups in total. The minimum Gasteiger partial charge on any atom is -0.236 e. The van der Waals surface area contributed by atoms with Gasteiger partial charge in [0.05, 0.1) is 11.6 Å². The van der Waals surface area contributed by atoms with Crippen LogP contribution < -0.4 is 5.14 Å². The van der Waals surface area contributed by atoms with Crippen LogP contribution in [0.2, 0.25) is 0 Å². The van der Waals surface area contributed by atoms with E-state index in [-0.39, 0.29) is 22.1 Å². The van der Waals surface area contributed by atoms with Crippen molar-refractivity contribution in [3.05, 3.63) is 54.0 Å². The van der Waals surface area contributed by atoms with Gasteiger partial charge in [0.15, 0.2) is 11.6 Å². The number of rotatable bonds is 3. The highest BCUT2D eigenvalue weighted by molar-refractivity contribution is 7.89. The molecule has 0 radical (unpaired) electrons. The van der Waals surface area contributed by atoms with Crippen LogP contribution in [0.25, 0.3) is 17.2 Å². The molecule has 138 valence electrons. The van der Waals surface area contributed by atoms with E-state index in [1.165, 1.54) is 24.3 Å². The van der Waals surface area contributed by atoms with E-state index in [0.717, 1.165) is 23.0 Å². The molecule has 0 spiro atoms. The van der Waals surface area contributed by atoms with Crippen molar-refractivity contribution >= 4 is 10.0 Å². The van der Waals surface area contributed by atoms with E-state index >= 15 is 0 Å². The molecule has 12 heteroatoms. The van der Waals surface area contributed by atoms with Gasteiger partial charge >= 0.3 is 6.18 Å². The highest BCUT2D eigenvalue weighted by Crippen LogP contribution is 2.30. The Morgan fingerprint density at radius 1 is 1.11 bits per heavy atom. The van der Waals surface area contributed by atoms with Gasteiger partial charge in [-0.3, -0.25) is 0 Å². The molecule has 0 unspecified atom stereocenters. The van der Waals surface area contributed by atoms with Crippen molar-refractivity contribution in [2.24, 2.45) is 5.14 Å². The quantitative estimate of drug-likeness (QED) is 0.722. The molecule has 3 rings (SSSR count). The number of aromatic nitrogens is 4. The molecule has 0 aliphatic rings. The van der Waals surface area contributed by atoms with Crippen molar-refractivity contribution in [2.45, 2.75) is 11.1 Å². The number of alkyl halides is 3. The Morgan fingerprint density at radius 3 is 2.26 bits per heavy atom. The van der Waals surface area contributed by atoms with E-state index in [0.29, 0.717) is 5.56 Å². The molecule has 0 bridgehead atoms. The van der Waals surface area contributed by atoms with Crippen LogP contribution in [0.3, 0.4) is 0 Å². The molecule has 1 aromatic carbocycles. The smallest absolute Gasteiger partial charge is 0.236 e. The molecule has 0 saturated carbocycles. The highest BCUT2D eigenvalue weighted by Gasteiger charge is 2.37. The fourth-order valence-corrected chi connectivity index (χ4v) is 2.60. The van der Waals surface area contributed by atoms with Crippen molar-refractivity contribution in [1.82, 2.24) is 19.7 Å². The van der Waals surface area contributed by atoms with Crippen molar-refractivity contribution in [3.8, 4) is 23.3 Å². The Balaban J connectivity index is 2.16. The molecule has 0 aliphatic carbocycles. The Labute approximate surface area is 150 Å². The van der Waals surface area contributed by atoms with Crippen LogP contribution in [0.5, 0.6) is 0 Å². The Hall–Kier alpha value is -3.30. The zero-order valence-corrected chi connectivity index (χ0v) is 14.0. The van der Waals surface area contributed by atoms with Gasteiger partial charge in [-0.15, -0.1) is 5.10 Å². The van der Waals surface area contributed by atoms with Crippen LogP contribution in [-0.2, 0) is 16.2 Å². The number of nitrogens with zero attached hydrogens (tertiary/aromatic N) is 5. The number of sulfonamides is 1. The lowest BCUT2D eigenvalue weighted by atomic mass is 10.1. The van der Waals surface area contributed by atoms with Crippen LogP contribution in [0.15, 0.2) is 47.5 Å². The molecule has 3 aromatic rings. The van der Waals surface area contributed by atoms with Crippen LogP contribution >= 0.6 is 0 Å². The van der Waals surface area contributed by atoms with Crippen molar-refractivity contribution in [1.29, 1.82) is 5.26 Å². The first kappa shape index (κ1) is 18.5. The second-order valence-corrected chi connectivity index (χ2v) is 6.82. The summed E-state index contributed by atoms with van der Waals surface area (Å²) in [5, 5.41) is 17.2. The van der Waals surface area contributed by atoms with Crippen molar-refractivity contribution in [2.75, 3.05) is 0 Å². The summed E-state index contributed by atoms with van der Waals surface area (Å²) in [6.07, 6.45) is -3.89. The van der Waals surface area contributed by atoms with Gasteiger partial charge in [0.2, 0.25) is 10.0 Å². The van der Waals surface area contributed by atoms with Crippen LogP contribution in [0.1, 0.15) is 11.4 Å². The van der Waals surface area contributed by atoms with Crippen molar-refractivity contribution < 1.29 is 21.6 Å². The molecule has 0 atom stereocenters. The summed E-state index contributed by atoms with van der Waals surface area (Å²) in [5.74, 6) is -1.66. The lowest BCUT2D eigenvalue weighted by Crippen LogP contribution is -2.13. The molecule has 2 aromatic heterocycles. The molecule has 0 fully saturated rings.